The number of nitrogens with one attached hydrogen (secondary N) is 1. The molecular weight excluding hydrogens is 262 g/mol. The number of fused-ring (bicyclic) bond motifs is 1. The lowest BCUT2D eigenvalue weighted by molar-refractivity contribution is 0.100. The summed E-state index contributed by atoms with van der Waals surface area (Å²) in [5.41, 5.74) is 6.81. The molecule has 2 fully saturated rings. The average molecular weight is 280 g/mol. The van der Waals surface area contributed by atoms with Crippen LogP contribution < -0.4 is 16.0 Å². The lowest BCUT2D eigenvalue weighted by Crippen LogP contribution is -2.34. The maximum Gasteiger partial charge on any atom is 0.252 e. The van der Waals surface area contributed by atoms with Crippen molar-refractivity contribution in [3.05, 3.63) is 28.8 Å². The molecule has 0 saturated carbocycles. The van der Waals surface area contributed by atoms with E-state index in [1.165, 1.54) is 0 Å². The number of nitrogens with two attached hydrogens (primary N) is 1. The number of nitrogens with zero attached hydrogens (tertiary/aromatic N) is 1. The van der Waals surface area contributed by atoms with Crippen LogP contribution in [0.15, 0.2) is 18.2 Å². The molecule has 102 valence electrons. The van der Waals surface area contributed by atoms with E-state index in [2.05, 4.69) is 17.1 Å². The fourth-order valence-corrected chi connectivity index (χ4v) is 3.74. The molecule has 0 aromatic heterocycles. The molecule has 1 aromatic carbocycles. The predicted octanol–water partition coefficient (Wildman–Crippen LogP) is 1.48. The predicted molar refractivity (Wildman–Crippen MR) is 76.6 cm³/mol. The Morgan fingerprint density at radius 3 is 2.95 bits per heavy atom. The summed E-state index contributed by atoms with van der Waals surface area (Å²) >= 11 is 6.13. The minimum atomic E-state index is -0.456. The molecule has 2 saturated heterocycles. The minimum absolute atomic E-state index is 0.400. The summed E-state index contributed by atoms with van der Waals surface area (Å²) < 4.78 is 0. The molecule has 0 aliphatic carbocycles. The van der Waals surface area contributed by atoms with E-state index in [9.17, 15) is 4.79 Å². The zero-order valence-electron chi connectivity index (χ0n) is 10.9. The SMILES string of the molecule is CC1C2CNCC2CN1c1cccc(Cl)c1C(N)=O. The van der Waals surface area contributed by atoms with Gasteiger partial charge < -0.3 is 16.0 Å². The van der Waals surface area contributed by atoms with Crippen molar-refractivity contribution in [3.8, 4) is 0 Å². The van der Waals surface area contributed by atoms with Gasteiger partial charge >= 0.3 is 0 Å². The molecule has 1 amide bonds. The van der Waals surface area contributed by atoms with Crippen LogP contribution in [0.1, 0.15) is 17.3 Å². The highest BCUT2D eigenvalue weighted by molar-refractivity contribution is 6.34. The summed E-state index contributed by atoms with van der Waals surface area (Å²) in [5.74, 6) is 0.831. The first-order valence-electron chi connectivity index (χ1n) is 6.65. The van der Waals surface area contributed by atoms with Crippen molar-refractivity contribution in [2.45, 2.75) is 13.0 Å². The number of hydrogen-bond acceptors (Lipinski definition) is 3. The van der Waals surface area contributed by atoms with E-state index in [1.54, 1.807) is 6.07 Å². The van der Waals surface area contributed by atoms with Crippen LogP contribution in [0.25, 0.3) is 0 Å². The van der Waals surface area contributed by atoms with Crippen LogP contribution in [0, 0.1) is 11.8 Å². The highest BCUT2D eigenvalue weighted by atomic mass is 35.5. The van der Waals surface area contributed by atoms with Gasteiger partial charge in [0.2, 0.25) is 0 Å². The van der Waals surface area contributed by atoms with Crippen molar-refractivity contribution >= 4 is 23.2 Å². The normalized spacial score (nSPS) is 29.6. The second kappa shape index (κ2) is 4.69. The number of anilines is 1. The van der Waals surface area contributed by atoms with Gasteiger partial charge in [0.05, 0.1) is 16.3 Å². The number of rotatable bonds is 2. The molecule has 4 nitrogen and oxygen atoms in total. The molecule has 0 bridgehead atoms. The van der Waals surface area contributed by atoms with Crippen molar-refractivity contribution in [3.63, 3.8) is 0 Å². The van der Waals surface area contributed by atoms with Crippen LogP contribution in [0.4, 0.5) is 5.69 Å². The van der Waals surface area contributed by atoms with Crippen LogP contribution in [0.2, 0.25) is 5.02 Å². The van der Waals surface area contributed by atoms with Crippen molar-refractivity contribution in [1.29, 1.82) is 0 Å². The standard InChI is InChI=1S/C14H18ClN3O/c1-8-10-6-17-5-9(10)7-18(8)12-4-2-3-11(15)13(12)14(16)19/h2-4,8-10,17H,5-7H2,1H3,(H2,16,19). The molecular formula is C14H18ClN3O. The van der Waals surface area contributed by atoms with Gasteiger partial charge in [-0.3, -0.25) is 4.79 Å². The van der Waals surface area contributed by atoms with Gasteiger partial charge in [-0.2, -0.15) is 0 Å². The van der Waals surface area contributed by atoms with Gasteiger partial charge in [-0.1, -0.05) is 17.7 Å². The first kappa shape index (κ1) is 12.8. The third kappa shape index (κ3) is 1.99. The van der Waals surface area contributed by atoms with Crippen molar-refractivity contribution in [1.82, 2.24) is 5.32 Å². The zero-order valence-corrected chi connectivity index (χ0v) is 11.7. The molecule has 3 N–H and O–H groups in total. The zero-order chi connectivity index (χ0) is 13.6. The summed E-state index contributed by atoms with van der Waals surface area (Å²) in [5, 5.41) is 3.87. The molecule has 0 spiro atoms. The summed E-state index contributed by atoms with van der Waals surface area (Å²) in [6.45, 7) is 5.27. The Morgan fingerprint density at radius 1 is 1.47 bits per heavy atom. The van der Waals surface area contributed by atoms with E-state index in [0.717, 1.165) is 25.3 Å². The quantitative estimate of drug-likeness (QED) is 0.862. The number of benzene rings is 1. The van der Waals surface area contributed by atoms with Gasteiger partial charge in [-0.15, -0.1) is 0 Å². The van der Waals surface area contributed by atoms with E-state index < -0.39 is 5.91 Å². The van der Waals surface area contributed by atoms with Gasteiger partial charge in [-0.05, 0) is 30.9 Å². The molecule has 5 heteroatoms. The average Bonchev–Trinajstić information content (AvgIpc) is 2.92. The third-order valence-corrected chi connectivity index (χ3v) is 4.80. The van der Waals surface area contributed by atoms with E-state index in [0.29, 0.717) is 28.5 Å². The van der Waals surface area contributed by atoms with Crippen LogP contribution >= 0.6 is 11.6 Å². The smallest absolute Gasteiger partial charge is 0.252 e. The summed E-state index contributed by atoms with van der Waals surface area (Å²) in [7, 11) is 0. The summed E-state index contributed by atoms with van der Waals surface area (Å²) in [6, 6.07) is 5.94. The number of halogens is 1. The molecule has 3 unspecified atom stereocenters. The van der Waals surface area contributed by atoms with Gasteiger partial charge in [-0.25, -0.2) is 0 Å². The van der Waals surface area contributed by atoms with Crippen LogP contribution in [0.5, 0.6) is 0 Å². The third-order valence-electron chi connectivity index (χ3n) is 4.48. The number of hydrogen-bond donors (Lipinski definition) is 2. The molecule has 2 aliphatic rings. The number of primary amides is 1. The fourth-order valence-electron chi connectivity index (χ4n) is 3.48. The van der Waals surface area contributed by atoms with Gasteiger partial charge in [0.1, 0.15) is 0 Å². The second-order valence-electron chi connectivity index (χ2n) is 5.47. The Kier molecular flexibility index (Phi) is 3.15. The Morgan fingerprint density at radius 2 is 2.26 bits per heavy atom. The lowest BCUT2D eigenvalue weighted by atomic mass is 9.95. The molecule has 0 radical (unpaired) electrons. The number of carbonyl (C=O) groups is 1. The first-order chi connectivity index (χ1) is 9.09. The van der Waals surface area contributed by atoms with Crippen molar-refractivity contribution < 1.29 is 4.79 Å². The van der Waals surface area contributed by atoms with Gasteiger partial charge in [0, 0.05) is 25.7 Å². The highest BCUT2D eigenvalue weighted by Crippen LogP contribution is 2.38. The summed E-state index contributed by atoms with van der Waals surface area (Å²) in [4.78, 5) is 13.9. The molecule has 3 atom stereocenters. The van der Waals surface area contributed by atoms with Gasteiger partial charge in [0.25, 0.3) is 5.91 Å². The second-order valence-corrected chi connectivity index (χ2v) is 5.88. The Labute approximate surface area is 117 Å². The minimum Gasteiger partial charge on any atom is -0.367 e. The first-order valence-corrected chi connectivity index (χ1v) is 7.03. The van der Waals surface area contributed by atoms with Crippen LogP contribution in [0.3, 0.4) is 0 Å². The number of carbonyl (C=O) groups excluding carboxylic acids is 1. The van der Waals surface area contributed by atoms with Crippen LogP contribution in [-0.2, 0) is 0 Å². The number of amides is 1. The van der Waals surface area contributed by atoms with E-state index >= 15 is 0 Å². The molecule has 3 rings (SSSR count). The topological polar surface area (TPSA) is 58.4 Å². The maximum absolute atomic E-state index is 11.7. The fraction of sp³-hybridized carbons (Fsp3) is 0.500. The van der Waals surface area contributed by atoms with E-state index in [1.807, 2.05) is 12.1 Å². The molecule has 2 heterocycles. The molecule has 1 aromatic rings. The maximum atomic E-state index is 11.7. The van der Waals surface area contributed by atoms with Crippen molar-refractivity contribution in [2.75, 3.05) is 24.5 Å². The Hall–Kier alpha value is -1.26. The molecule has 19 heavy (non-hydrogen) atoms. The highest BCUT2D eigenvalue weighted by Gasteiger charge is 2.42. The monoisotopic (exact) mass is 279 g/mol. The van der Waals surface area contributed by atoms with E-state index in [-0.39, 0.29) is 0 Å². The Bertz CT molecular complexity index is 519. The van der Waals surface area contributed by atoms with Crippen LogP contribution in [-0.4, -0.2) is 31.6 Å². The largest absolute Gasteiger partial charge is 0.367 e. The Balaban J connectivity index is 1.99. The lowest BCUT2D eigenvalue weighted by Gasteiger charge is -2.28. The molecule has 2 aliphatic heterocycles. The van der Waals surface area contributed by atoms with E-state index in [4.69, 9.17) is 17.3 Å². The van der Waals surface area contributed by atoms with Crippen molar-refractivity contribution in [2.24, 2.45) is 17.6 Å². The summed E-state index contributed by atoms with van der Waals surface area (Å²) in [6.07, 6.45) is 0. The van der Waals surface area contributed by atoms with Gasteiger partial charge in [0.15, 0.2) is 0 Å².